The molecule has 0 atom stereocenters. The second-order valence-electron chi connectivity index (χ2n) is 2.54. The van der Waals surface area contributed by atoms with Crippen molar-refractivity contribution in [1.29, 1.82) is 0 Å². The maximum atomic E-state index is 3.48. The van der Waals surface area contributed by atoms with Crippen LogP contribution in [-0.2, 0) is 6.42 Å². The zero-order chi connectivity index (χ0) is 9.23. The molecule has 1 rings (SSSR count). The van der Waals surface area contributed by atoms with Crippen LogP contribution in [0.3, 0.4) is 0 Å². The van der Waals surface area contributed by atoms with Crippen molar-refractivity contribution in [1.82, 2.24) is 0 Å². The number of hydrogen-bond acceptors (Lipinski definition) is 0. The van der Waals surface area contributed by atoms with E-state index in [9.17, 15) is 0 Å². The number of rotatable bonds is 2. The van der Waals surface area contributed by atoms with E-state index in [4.69, 9.17) is 0 Å². The summed E-state index contributed by atoms with van der Waals surface area (Å²) in [5.74, 6) is 0. The average Bonchev–Trinajstić information content (AvgIpc) is 2.19. The van der Waals surface area contributed by atoms with Gasteiger partial charge in [0.05, 0.1) is 0 Å². The first-order chi connectivity index (χ1) is 5.85. The van der Waals surface area contributed by atoms with Gasteiger partial charge in [-0.2, -0.15) is 0 Å². The molecule has 12 heavy (non-hydrogen) atoms. The standard InChI is InChI=1S/C8H10.C4H8/c1-2-8-6-4-3-5-7-8;1-3-4-2/h3-7H,2H2,1H3;3H,1,4H2,2H3. The molecule has 0 unspecified atom stereocenters. The van der Waals surface area contributed by atoms with E-state index in [0.717, 1.165) is 12.8 Å². The highest BCUT2D eigenvalue weighted by Crippen LogP contribution is 1.96. The van der Waals surface area contributed by atoms with Crippen molar-refractivity contribution in [3.05, 3.63) is 48.6 Å². The van der Waals surface area contributed by atoms with Crippen LogP contribution in [0.1, 0.15) is 25.8 Å². The lowest BCUT2D eigenvalue weighted by atomic mass is 10.2. The summed E-state index contributed by atoms with van der Waals surface area (Å²) in [5, 5.41) is 0. The molecule has 66 valence electrons. The predicted molar refractivity (Wildman–Crippen MR) is 56.3 cm³/mol. The van der Waals surface area contributed by atoms with Crippen LogP contribution in [0.25, 0.3) is 0 Å². The Morgan fingerprint density at radius 2 is 1.67 bits per heavy atom. The van der Waals surface area contributed by atoms with Gasteiger partial charge in [0.2, 0.25) is 0 Å². The highest BCUT2D eigenvalue weighted by atomic mass is 13.9. The van der Waals surface area contributed by atoms with Crippen LogP contribution in [0.2, 0.25) is 0 Å². The van der Waals surface area contributed by atoms with E-state index in [-0.39, 0.29) is 0 Å². The molecule has 0 bridgehead atoms. The van der Waals surface area contributed by atoms with Gasteiger partial charge >= 0.3 is 0 Å². The summed E-state index contributed by atoms with van der Waals surface area (Å²) >= 11 is 0. The van der Waals surface area contributed by atoms with Gasteiger partial charge in [-0.15, -0.1) is 6.58 Å². The van der Waals surface area contributed by atoms with E-state index in [1.54, 1.807) is 0 Å². The third-order valence-electron chi connectivity index (χ3n) is 1.54. The molecule has 0 heterocycles. The third-order valence-corrected chi connectivity index (χ3v) is 1.54. The second kappa shape index (κ2) is 8.06. The molecule has 0 fully saturated rings. The van der Waals surface area contributed by atoms with Crippen molar-refractivity contribution in [3.8, 4) is 0 Å². The maximum absolute atomic E-state index is 3.48. The van der Waals surface area contributed by atoms with Gasteiger partial charge < -0.3 is 0 Å². The lowest BCUT2D eigenvalue weighted by Gasteiger charge is -1.89. The largest absolute Gasteiger partial charge is 0.103 e. The Morgan fingerprint density at radius 1 is 1.17 bits per heavy atom. The Hall–Kier alpha value is -1.04. The van der Waals surface area contributed by atoms with Crippen LogP contribution in [-0.4, -0.2) is 0 Å². The van der Waals surface area contributed by atoms with Crippen molar-refractivity contribution in [3.63, 3.8) is 0 Å². The number of benzene rings is 1. The molecule has 0 spiro atoms. The van der Waals surface area contributed by atoms with E-state index >= 15 is 0 Å². The van der Waals surface area contributed by atoms with Crippen LogP contribution >= 0.6 is 0 Å². The van der Waals surface area contributed by atoms with E-state index in [1.165, 1.54) is 5.56 Å². The van der Waals surface area contributed by atoms with Crippen molar-refractivity contribution in [2.75, 3.05) is 0 Å². The van der Waals surface area contributed by atoms with Gasteiger partial charge in [-0.1, -0.05) is 50.3 Å². The number of allylic oxidation sites excluding steroid dienone is 1. The summed E-state index contributed by atoms with van der Waals surface area (Å²) in [6, 6.07) is 10.5. The molecule has 0 nitrogen and oxygen atoms in total. The zero-order valence-corrected chi connectivity index (χ0v) is 8.09. The first kappa shape index (κ1) is 11.0. The molecule has 1 aromatic carbocycles. The van der Waals surface area contributed by atoms with Gasteiger partial charge in [0.25, 0.3) is 0 Å². The number of aryl methyl sites for hydroxylation is 1. The SMILES string of the molecule is C=CCC.CCc1ccccc1. The van der Waals surface area contributed by atoms with Crippen LogP contribution in [0, 0.1) is 0 Å². The second-order valence-corrected chi connectivity index (χ2v) is 2.54. The van der Waals surface area contributed by atoms with Crippen molar-refractivity contribution in [2.24, 2.45) is 0 Å². The molecular weight excluding hydrogens is 144 g/mol. The normalized spacial score (nSPS) is 8.17. The Balaban J connectivity index is 0.000000261. The molecule has 1 aromatic rings. The van der Waals surface area contributed by atoms with Gasteiger partial charge in [-0.25, -0.2) is 0 Å². The molecule has 0 radical (unpaired) electrons. The van der Waals surface area contributed by atoms with Gasteiger partial charge in [0.1, 0.15) is 0 Å². The van der Waals surface area contributed by atoms with Crippen LogP contribution in [0.15, 0.2) is 43.0 Å². The van der Waals surface area contributed by atoms with E-state index in [2.05, 4.69) is 44.7 Å². The molecule has 0 N–H and O–H groups in total. The zero-order valence-electron chi connectivity index (χ0n) is 8.09. The van der Waals surface area contributed by atoms with E-state index < -0.39 is 0 Å². The summed E-state index contributed by atoms with van der Waals surface area (Å²) in [6.45, 7) is 7.70. The Morgan fingerprint density at radius 3 is 1.92 bits per heavy atom. The minimum atomic E-state index is 1.08. The van der Waals surface area contributed by atoms with Gasteiger partial charge in [0, 0.05) is 0 Å². The highest BCUT2D eigenvalue weighted by Gasteiger charge is 1.79. The fourth-order valence-electron chi connectivity index (χ4n) is 0.714. The fourth-order valence-corrected chi connectivity index (χ4v) is 0.714. The van der Waals surface area contributed by atoms with E-state index in [0.29, 0.717) is 0 Å². The average molecular weight is 162 g/mol. The molecule has 0 saturated carbocycles. The highest BCUT2D eigenvalue weighted by molar-refractivity contribution is 5.13. The Bertz CT molecular complexity index is 186. The van der Waals surface area contributed by atoms with Crippen molar-refractivity contribution in [2.45, 2.75) is 26.7 Å². The minimum absolute atomic E-state index is 1.08. The topological polar surface area (TPSA) is 0 Å². The monoisotopic (exact) mass is 162 g/mol. The summed E-state index contributed by atoms with van der Waals surface area (Å²) in [5.41, 5.74) is 1.41. The van der Waals surface area contributed by atoms with Crippen molar-refractivity contribution < 1.29 is 0 Å². The fraction of sp³-hybridized carbons (Fsp3) is 0.333. The Labute approximate surface area is 75.9 Å². The molecule has 0 saturated heterocycles. The summed E-state index contributed by atoms with van der Waals surface area (Å²) in [4.78, 5) is 0. The lowest BCUT2D eigenvalue weighted by molar-refractivity contribution is 1.14. The van der Waals surface area contributed by atoms with Gasteiger partial charge in [0.15, 0.2) is 0 Å². The molecular formula is C12H18. The molecule has 0 heteroatoms. The molecule has 0 aliphatic carbocycles. The quantitative estimate of drug-likeness (QED) is 0.580. The van der Waals surface area contributed by atoms with Gasteiger partial charge in [-0.05, 0) is 18.4 Å². The molecule has 0 amide bonds. The number of hydrogen-bond donors (Lipinski definition) is 0. The molecule has 0 aliphatic rings. The van der Waals surface area contributed by atoms with Crippen LogP contribution in [0.4, 0.5) is 0 Å². The molecule has 0 aromatic heterocycles. The predicted octanol–water partition coefficient (Wildman–Crippen LogP) is 3.83. The van der Waals surface area contributed by atoms with Crippen molar-refractivity contribution >= 4 is 0 Å². The third kappa shape index (κ3) is 5.72. The Kier molecular flexibility index (Phi) is 7.36. The van der Waals surface area contributed by atoms with Crippen LogP contribution < -0.4 is 0 Å². The lowest BCUT2D eigenvalue weighted by Crippen LogP contribution is -1.73. The molecule has 0 aliphatic heterocycles. The summed E-state index contributed by atoms with van der Waals surface area (Å²) < 4.78 is 0. The first-order valence-electron chi connectivity index (χ1n) is 4.49. The maximum Gasteiger partial charge on any atom is -0.0307 e. The van der Waals surface area contributed by atoms with Gasteiger partial charge in [-0.3, -0.25) is 0 Å². The van der Waals surface area contributed by atoms with Crippen LogP contribution in [0.5, 0.6) is 0 Å². The first-order valence-corrected chi connectivity index (χ1v) is 4.49. The van der Waals surface area contributed by atoms with E-state index in [1.807, 2.05) is 12.1 Å². The summed E-state index contributed by atoms with van der Waals surface area (Å²) in [7, 11) is 0. The smallest absolute Gasteiger partial charge is 0.0307 e. The summed E-state index contributed by atoms with van der Waals surface area (Å²) in [6.07, 6.45) is 4.10. The minimum Gasteiger partial charge on any atom is -0.103 e.